The molecule has 2 aromatic carbocycles. The Balaban J connectivity index is 1.96. The van der Waals surface area contributed by atoms with Crippen LogP contribution in [0.25, 0.3) is 0 Å². The van der Waals surface area contributed by atoms with Gasteiger partial charge in [0.2, 0.25) is 10.0 Å². The third kappa shape index (κ3) is 5.58. The van der Waals surface area contributed by atoms with Gasteiger partial charge >= 0.3 is 6.03 Å². The largest absolute Gasteiger partial charge is 0.334 e. The van der Waals surface area contributed by atoms with Crippen LogP contribution in [0, 0.1) is 0 Å². The van der Waals surface area contributed by atoms with Crippen LogP contribution in [-0.4, -0.2) is 32.7 Å². The highest BCUT2D eigenvalue weighted by Crippen LogP contribution is 2.16. The maximum Gasteiger partial charge on any atom is 0.317 e. The average molecular weight is 347 g/mol. The molecule has 0 aromatic heterocycles. The smallest absolute Gasteiger partial charge is 0.317 e. The van der Waals surface area contributed by atoms with Gasteiger partial charge in [0.15, 0.2) is 0 Å². The maximum atomic E-state index is 12.2. The van der Waals surface area contributed by atoms with Crippen molar-refractivity contribution >= 4 is 21.7 Å². The molecule has 0 fully saturated rings. The van der Waals surface area contributed by atoms with Gasteiger partial charge in [-0.05, 0) is 17.2 Å². The Morgan fingerprint density at radius 3 is 2.33 bits per heavy atom. The molecule has 0 saturated carbocycles. The Hall–Kier alpha value is -2.54. The molecular formula is C17H21N3O3S. The van der Waals surface area contributed by atoms with Crippen molar-refractivity contribution in [1.82, 2.24) is 10.2 Å². The van der Waals surface area contributed by atoms with E-state index in [9.17, 15) is 13.2 Å². The Labute approximate surface area is 142 Å². The zero-order chi connectivity index (χ0) is 17.6. The number of sulfonamides is 1. The van der Waals surface area contributed by atoms with Gasteiger partial charge in [-0.15, -0.1) is 0 Å². The summed E-state index contributed by atoms with van der Waals surface area (Å²) in [6, 6.07) is 16.4. The fourth-order valence-corrected chi connectivity index (χ4v) is 2.81. The Kier molecular flexibility index (Phi) is 5.81. The van der Waals surface area contributed by atoms with Gasteiger partial charge in [0, 0.05) is 20.1 Å². The molecule has 2 amide bonds. The third-order valence-corrected chi connectivity index (χ3v) is 3.94. The summed E-state index contributed by atoms with van der Waals surface area (Å²) in [5.41, 5.74) is 2.20. The molecule has 6 nitrogen and oxygen atoms in total. The molecule has 0 radical (unpaired) electrons. The van der Waals surface area contributed by atoms with Gasteiger partial charge in [-0.25, -0.2) is 13.2 Å². The number of para-hydroxylation sites is 1. The first-order valence-corrected chi connectivity index (χ1v) is 9.33. The lowest BCUT2D eigenvalue weighted by Crippen LogP contribution is -2.36. The van der Waals surface area contributed by atoms with Gasteiger partial charge in [0.05, 0.1) is 11.9 Å². The summed E-state index contributed by atoms with van der Waals surface area (Å²) >= 11 is 0. The lowest BCUT2D eigenvalue weighted by molar-refractivity contribution is 0.206. The van der Waals surface area contributed by atoms with Crippen LogP contribution in [0.4, 0.5) is 10.5 Å². The molecule has 0 aliphatic carbocycles. The van der Waals surface area contributed by atoms with Crippen LogP contribution in [0.5, 0.6) is 0 Å². The molecule has 2 aromatic rings. The van der Waals surface area contributed by atoms with Crippen molar-refractivity contribution in [1.29, 1.82) is 0 Å². The number of rotatable bonds is 6. The molecule has 0 unspecified atom stereocenters. The highest BCUT2D eigenvalue weighted by atomic mass is 32.2. The maximum absolute atomic E-state index is 12.2. The second kappa shape index (κ2) is 7.83. The molecule has 0 aliphatic rings. The van der Waals surface area contributed by atoms with E-state index in [2.05, 4.69) is 10.0 Å². The summed E-state index contributed by atoms with van der Waals surface area (Å²) in [6.07, 6.45) is 1.09. The van der Waals surface area contributed by atoms with E-state index in [0.29, 0.717) is 17.8 Å². The molecule has 0 atom stereocenters. The molecule has 128 valence electrons. The van der Waals surface area contributed by atoms with Gasteiger partial charge < -0.3 is 10.2 Å². The van der Waals surface area contributed by atoms with Crippen molar-refractivity contribution in [3.8, 4) is 0 Å². The van der Waals surface area contributed by atoms with Crippen LogP contribution in [0.15, 0.2) is 54.6 Å². The van der Waals surface area contributed by atoms with Crippen LogP contribution < -0.4 is 10.0 Å². The number of amides is 2. The van der Waals surface area contributed by atoms with E-state index in [4.69, 9.17) is 0 Å². The van der Waals surface area contributed by atoms with Crippen molar-refractivity contribution in [2.24, 2.45) is 0 Å². The average Bonchev–Trinajstić information content (AvgIpc) is 2.53. The fourth-order valence-electron chi connectivity index (χ4n) is 2.21. The van der Waals surface area contributed by atoms with Crippen LogP contribution in [0.2, 0.25) is 0 Å². The lowest BCUT2D eigenvalue weighted by atomic mass is 10.2. The van der Waals surface area contributed by atoms with Gasteiger partial charge in [0.25, 0.3) is 0 Å². The highest BCUT2D eigenvalue weighted by molar-refractivity contribution is 7.92. The first-order chi connectivity index (χ1) is 11.3. The van der Waals surface area contributed by atoms with Gasteiger partial charge in [0.1, 0.15) is 0 Å². The van der Waals surface area contributed by atoms with Gasteiger partial charge in [-0.3, -0.25) is 4.72 Å². The monoisotopic (exact) mass is 347 g/mol. The predicted octanol–water partition coefficient (Wildman–Crippen LogP) is 2.40. The van der Waals surface area contributed by atoms with Crippen LogP contribution in [0.1, 0.15) is 11.1 Å². The SMILES string of the molecule is CN(Cc1ccccc1)C(=O)NCc1ccccc1NS(C)(=O)=O. The first-order valence-electron chi connectivity index (χ1n) is 7.44. The molecule has 2 rings (SSSR count). The minimum Gasteiger partial charge on any atom is -0.334 e. The number of carbonyl (C=O) groups is 1. The number of hydrogen-bond acceptors (Lipinski definition) is 3. The van der Waals surface area contributed by atoms with Crippen molar-refractivity contribution < 1.29 is 13.2 Å². The predicted molar refractivity (Wildman–Crippen MR) is 95.1 cm³/mol. The van der Waals surface area contributed by atoms with E-state index in [1.54, 1.807) is 36.2 Å². The number of anilines is 1. The Morgan fingerprint density at radius 1 is 1.04 bits per heavy atom. The van der Waals surface area contributed by atoms with Crippen LogP contribution >= 0.6 is 0 Å². The van der Waals surface area contributed by atoms with Crippen molar-refractivity contribution in [2.45, 2.75) is 13.1 Å². The summed E-state index contributed by atoms with van der Waals surface area (Å²) in [5.74, 6) is 0. The normalized spacial score (nSPS) is 10.9. The number of nitrogens with zero attached hydrogens (tertiary/aromatic N) is 1. The second-order valence-electron chi connectivity index (χ2n) is 5.53. The molecule has 24 heavy (non-hydrogen) atoms. The standard InChI is InChI=1S/C17H21N3O3S/c1-20(13-14-8-4-3-5-9-14)17(21)18-12-15-10-6-7-11-16(15)19-24(2,22)23/h3-11,19H,12-13H2,1-2H3,(H,18,21). The fraction of sp³-hybridized carbons (Fsp3) is 0.235. The van der Waals surface area contributed by atoms with Crippen molar-refractivity contribution in [3.05, 3.63) is 65.7 Å². The van der Waals surface area contributed by atoms with Crippen LogP contribution in [0.3, 0.4) is 0 Å². The second-order valence-corrected chi connectivity index (χ2v) is 7.28. The molecule has 2 N–H and O–H groups in total. The van der Waals surface area contributed by atoms with Gasteiger partial charge in [-0.2, -0.15) is 0 Å². The number of benzene rings is 2. The van der Waals surface area contributed by atoms with E-state index in [1.165, 1.54) is 0 Å². The number of nitrogens with one attached hydrogen (secondary N) is 2. The van der Waals surface area contributed by atoms with E-state index in [0.717, 1.165) is 11.8 Å². The molecule has 0 spiro atoms. The van der Waals surface area contributed by atoms with Crippen molar-refractivity contribution in [2.75, 3.05) is 18.0 Å². The minimum absolute atomic E-state index is 0.229. The molecular weight excluding hydrogens is 326 g/mol. The molecule has 0 heterocycles. The molecule has 0 saturated heterocycles. The lowest BCUT2D eigenvalue weighted by Gasteiger charge is -2.19. The van der Waals surface area contributed by atoms with E-state index < -0.39 is 10.0 Å². The van der Waals surface area contributed by atoms with E-state index in [-0.39, 0.29) is 12.6 Å². The van der Waals surface area contributed by atoms with E-state index in [1.807, 2.05) is 30.3 Å². The number of carbonyl (C=O) groups excluding carboxylic acids is 1. The van der Waals surface area contributed by atoms with Gasteiger partial charge in [-0.1, -0.05) is 48.5 Å². The molecule has 0 aliphatic heterocycles. The molecule has 0 bridgehead atoms. The Bertz CT molecular complexity index is 792. The summed E-state index contributed by atoms with van der Waals surface area (Å²) in [6.45, 7) is 0.729. The number of hydrogen-bond donors (Lipinski definition) is 2. The van der Waals surface area contributed by atoms with Crippen molar-refractivity contribution in [3.63, 3.8) is 0 Å². The summed E-state index contributed by atoms with van der Waals surface area (Å²) in [4.78, 5) is 13.8. The summed E-state index contributed by atoms with van der Waals surface area (Å²) < 4.78 is 25.2. The minimum atomic E-state index is -3.37. The zero-order valence-corrected chi connectivity index (χ0v) is 14.5. The highest BCUT2D eigenvalue weighted by Gasteiger charge is 2.11. The zero-order valence-electron chi connectivity index (χ0n) is 13.7. The summed E-state index contributed by atoms with van der Waals surface area (Å²) in [5, 5.41) is 2.80. The molecule has 7 heteroatoms. The summed E-state index contributed by atoms with van der Waals surface area (Å²) in [7, 11) is -1.66. The topological polar surface area (TPSA) is 78.5 Å². The van der Waals surface area contributed by atoms with Crippen LogP contribution in [-0.2, 0) is 23.1 Å². The van der Waals surface area contributed by atoms with E-state index >= 15 is 0 Å². The quantitative estimate of drug-likeness (QED) is 0.842. The Morgan fingerprint density at radius 2 is 1.67 bits per heavy atom. The third-order valence-electron chi connectivity index (χ3n) is 3.35. The number of urea groups is 1. The first kappa shape index (κ1) is 17.8.